The summed E-state index contributed by atoms with van der Waals surface area (Å²) in [4.78, 5) is 21.9. The summed E-state index contributed by atoms with van der Waals surface area (Å²) < 4.78 is 5.72. The minimum Gasteiger partial charge on any atom is -0.457 e. The Labute approximate surface area is 122 Å². The number of nitro groups is 1. The fraction of sp³-hybridized carbons (Fsp3) is 0.188. The van der Waals surface area contributed by atoms with Gasteiger partial charge in [-0.15, -0.1) is 0 Å². The van der Waals surface area contributed by atoms with Crippen LogP contribution in [0.5, 0.6) is 11.5 Å². The fourth-order valence-electron chi connectivity index (χ4n) is 2.11. The molecule has 0 fully saturated rings. The molecule has 2 aromatic carbocycles. The molecule has 0 amide bonds. The smallest absolute Gasteiger partial charge is 0.270 e. The van der Waals surface area contributed by atoms with Crippen molar-refractivity contribution in [3.8, 4) is 11.5 Å². The lowest BCUT2D eigenvalue weighted by Crippen LogP contribution is -1.99. The van der Waals surface area contributed by atoms with Crippen LogP contribution in [0.4, 0.5) is 5.69 Å². The zero-order valence-corrected chi connectivity index (χ0v) is 12.0. The molecular formula is C16H15NO4. The second kappa shape index (κ2) is 5.75. The standard InChI is InChI=1S/C16H15NO4/c1-10-6-11(2)8-14(7-10)21-16-5-4-13(17(19)20)9-15(16)12(3)18/h4-9H,1-3H3. The molecule has 0 heterocycles. The van der Waals surface area contributed by atoms with E-state index in [2.05, 4.69) is 0 Å². The first-order valence-corrected chi connectivity index (χ1v) is 6.42. The summed E-state index contributed by atoms with van der Waals surface area (Å²) in [5.74, 6) is 0.639. The molecule has 0 aromatic heterocycles. The van der Waals surface area contributed by atoms with Crippen LogP contribution in [0.25, 0.3) is 0 Å². The number of rotatable bonds is 4. The average Bonchev–Trinajstić information content (AvgIpc) is 2.37. The van der Waals surface area contributed by atoms with Crippen molar-refractivity contribution < 1.29 is 14.5 Å². The molecule has 2 rings (SSSR count). The average molecular weight is 285 g/mol. The molecule has 0 spiro atoms. The summed E-state index contributed by atoms with van der Waals surface area (Å²) in [5, 5.41) is 10.8. The van der Waals surface area contributed by atoms with Crippen molar-refractivity contribution in [1.29, 1.82) is 0 Å². The van der Waals surface area contributed by atoms with Gasteiger partial charge in [0.05, 0.1) is 10.5 Å². The monoisotopic (exact) mass is 285 g/mol. The summed E-state index contributed by atoms with van der Waals surface area (Å²) in [6.45, 7) is 5.25. The third-order valence-electron chi connectivity index (χ3n) is 2.98. The number of ketones is 1. The van der Waals surface area contributed by atoms with Gasteiger partial charge in [0, 0.05) is 12.1 Å². The molecule has 0 unspecified atom stereocenters. The number of aryl methyl sites for hydroxylation is 2. The van der Waals surface area contributed by atoms with Gasteiger partial charge in [-0.3, -0.25) is 14.9 Å². The first kappa shape index (κ1) is 14.7. The molecule has 5 heteroatoms. The Morgan fingerprint density at radius 1 is 1.10 bits per heavy atom. The lowest BCUT2D eigenvalue weighted by Gasteiger charge is -2.10. The van der Waals surface area contributed by atoms with Gasteiger partial charge in [0.1, 0.15) is 11.5 Å². The lowest BCUT2D eigenvalue weighted by molar-refractivity contribution is -0.384. The SMILES string of the molecule is CC(=O)c1cc([N+](=O)[O-])ccc1Oc1cc(C)cc(C)c1. The van der Waals surface area contributed by atoms with Crippen LogP contribution < -0.4 is 4.74 Å². The molecule has 2 aromatic rings. The van der Waals surface area contributed by atoms with E-state index in [1.54, 1.807) is 0 Å². The van der Waals surface area contributed by atoms with Crippen molar-refractivity contribution in [3.63, 3.8) is 0 Å². The topological polar surface area (TPSA) is 69.4 Å². The number of nitrogens with zero attached hydrogens (tertiary/aromatic N) is 1. The second-order valence-corrected chi connectivity index (χ2v) is 4.92. The third kappa shape index (κ3) is 3.45. The van der Waals surface area contributed by atoms with Crippen molar-refractivity contribution in [3.05, 3.63) is 63.2 Å². The number of carbonyl (C=O) groups is 1. The van der Waals surface area contributed by atoms with Crippen LogP contribution in [0.2, 0.25) is 0 Å². The van der Waals surface area contributed by atoms with Crippen LogP contribution in [-0.4, -0.2) is 10.7 Å². The van der Waals surface area contributed by atoms with Crippen LogP contribution in [-0.2, 0) is 0 Å². The van der Waals surface area contributed by atoms with E-state index in [0.29, 0.717) is 11.5 Å². The van der Waals surface area contributed by atoms with E-state index in [-0.39, 0.29) is 17.0 Å². The minimum absolute atomic E-state index is 0.132. The number of non-ortho nitro benzene ring substituents is 1. The molecule has 0 atom stereocenters. The Kier molecular flexibility index (Phi) is 4.03. The van der Waals surface area contributed by atoms with Gasteiger partial charge in [-0.05, 0) is 50.1 Å². The molecule has 5 nitrogen and oxygen atoms in total. The molecule has 0 aliphatic rings. The Morgan fingerprint density at radius 3 is 2.24 bits per heavy atom. The third-order valence-corrected chi connectivity index (χ3v) is 2.98. The van der Waals surface area contributed by atoms with Crippen LogP contribution in [0, 0.1) is 24.0 Å². The quantitative estimate of drug-likeness (QED) is 0.479. The second-order valence-electron chi connectivity index (χ2n) is 4.92. The first-order valence-electron chi connectivity index (χ1n) is 6.42. The Morgan fingerprint density at radius 2 is 1.71 bits per heavy atom. The Hall–Kier alpha value is -2.69. The van der Waals surface area contributed by atoms with Crippen LogP contribution in [0.3, 0.4) is 0 Å². The van der Waals surface area contributed by atoms with Crippen LogP contribution in [0.15, 0.2) is 36.4 Å². The molecule has 0 bridgehead atoms. The molecule has 0 aliphatic heterocycles. The summed E-state index contributed by atoms with van der Waals surface area (Å²) in [7, 11) is 0. The van der Waals surface area contributed by atoms with E-state index in [4.69, 9.17) is 4.74 Å². The number of carbonyl (C=O) groups excluding carboxylic acids is 1. The number of hydrogen-bond donors (Lipinski definition) is 0. The highest BCUT2D eigenvalue weighted by atomic mass is 16.6. The minimum atomic E-state index is -0.535. The maximum absolute atomic E-state index is 11.7. The Balaban J connectivity index is 2.43. The van der Waals surface area contributed by atoms with Gasteiger partial charge in [-0.2, -0.15) is 0 Å². The molecule has 0 N–H and O–H groups in total. The zero-order chi connectivity index (χ0) is 15.6. The van der Waals surface area contributed by atoms with Gasteiger partial charge in [0.15, 0.2) is 5.78 Å². The molecule has 0 aliphatic carbocycles. The van der Waals surface area contributed by atoms with Gasteiger partial charge < -0.3 is 4.74 Å². The highest BCUT2D eigenvalue weighted by molar-refractivity contribution is 5.97. The van der Waals surface area contributed by atoms with Crippen LogP contribution >= 0.6 is 0 Å². The van der Waals surface area contributed by atoms with Gasteiger partial charge in [-0.25, -0.2) is 0 Å². The highest BCUT2D eigenvalue weighted by Crippen LogP contribution is 2.30. The van der Waals surface area contributed by atoms with Gasteiger partial charge in [-0.1, -0.05) is 6.07 Å². The van der Waals surface area contributed by atoms with Gasteiger partial charge in [0.2, 0.25) is 0 Å². The number of nitro benzene ring substituents is 1. The number of hydrogen-bond acceptors (Lipinski definition) is 4. The zero-order valence-electron chi connectivity index (χ0n) is 12.0. The highest BCUT2D eigenvalue weighted by Gasteiger charge is 2.15. The van der Waals surface area contributed by atoms with Crippen molar-refractivity contribution in [2.75, 3.05) is 0 Å². The maximum Gasteiger partial charge on any atom is 0.270 e. The van der Waals surface area contributed by atoms with E-state index in [9.17, 15) is 14.9 Å². The molecule has 0 saturated carbocycles. The lowest BCUT2D eigenvalue weighted by atomic mass is 10.1. The maximum atomic E-state index is 11.7. The van der Waals surface area contributed by atoms with Crippen molar-refractivity contribution in [2.24, 2.45) is 0 Å². The predicted octanol–water partition coefficient (Wildman–Crippen LogP) is 4.21. The number of ether oxygens (including phenoxy) is 1. The van der Waals surface area contributed by atoms with E-state index in [1.165, 1.54) is 25.1 Å². The molecule has 0 radical (unpaired) electrons. The molecule has 108 valence electrons. The van der Waals surface area contributed by atoms with E-state index >= 15 is 0 Å². The van der Waals surface area contributed by atoms with E-state index < -0.39 is 4.92 Å². The van der Waals surface area contributed by atoms with Gasteiger partial charge >= 0.3 is 0 Å². The van der Waals surface area contributed by atoms with Crippen molar-refractivity contribution in [1.82, 2.24) is 0 Å². The van der Waals surface area contributed by atoms with E-state index in [1.807, 2.05) is 32.0 Å². The van der Waals surface area contributed by atoms with Crippen molar-refractivity contribution in [2.45, 2.75) is 20.8 Å². The van der Waals surface area contributed by atoms with Gasteiger partial charge in [0.25, 0.3) is 5.69 Å². The summed E-state index contributed by atoms with van der Waals surface area (Å²) in [6.07, 6.45) is 0. The van der Waals surface area contributed by atoms with E-state index in [0.717, 1.165) is 11.1 Å². The molecular weight excluding hydrogens is 270 g/mol. The summed E-state index contributed by atoms with van der Waals surface area (Å²) >= 11 is 0. The normalized spacial score (nSPS) is 10.2. The summed E-state index contributed by atoms with van der Waals surface area (Å²) in [5.41, 5.74) is 2.14. The predicted molar refractivity (Wildman–Crippen MR) is 79.1 cm³/mol. The Bertz CT molecular complexity index is 702. The fourth-order valence-corrected chi connectivity index (χ4v) is 2.11. The summed E-state index contributed by atoms with van der Waals surface area (Å²) in [6, 6.07) is 9.71. The number of benzene rings is 2. The molecule has 21 heavy (non-hydrogen) atoms. The van der Waals surface area contributed by atoms with Crippen LogP contribution in [0.1, 0.15) is 28.4 Å². The first-order chi connectivity index (χ1) is 9.86. The van der Waals surface area contributed by atoms with Crippen molar-refractivity contribution >= 4 is 11.5 Å². The number of Topliss-reactive ketones (excluding diaryl/α,β-unsaturated/α-hetero) is 1. The molecule has 0 saturated heterocycles. The largest absolute Gasteiger partial charge is 0.457 e.